The van der Waals surface area contributed by atoms with Gasteiger partial charge in [-0.3, -0.25) is 4.98 Å². The van der Waals surface area contributed by atoms with Gasteiger partial charge in [-0.05, 0) is 36.1 Å². The summed E-state index contributed by atoms with van der Waals surface area (Å²) in [4.78, 5) is 18.6. The summed E-state index contributed by atoms with van der Waals surface area (Å²) >= 11 is 0. The molecule has 2 heterocycles. The zero-order chi connectivity index (χ0) is 17.6. The lowest BCUT2D eigenvalue weighted by Crippen LogP contribution is -2.35. The number of urea groups is 1. The van der Waals surface area contributed by atoms with Crippen molar-refractivity contribution in [3.63, 3.8) is 0 Å². The SMILES string of the molecule is CCc1cccc(CC)c1NC(=O)N1CCC(Oc2cccnc2)C1. The molecule has 1 atom stereocenters. The second-order valence-electron chi connectivity index (χ2n) is 6.25. The monoisotopic (exact) mass is 339 g/mol. The Hall–Kier alpha value is -2.56. The summed E-state index contributed by atoms with van der Waals surface area (Å²) < 4.78 is 5.91. The van der Waals surface area contributed by atoms with Gasteiger partial charge in [0.2, 0.25) is 0 Å². The average molecular weight is 339 g/mol. The largest absolute Gasteiger partial charge is 0.487 e. The quantitative estimate of drug-likeness (QED) is 0.899. The molecule has 132 valence electrons. The minimum Gasteiger partial charge on any atom is -0.487 e. The summed E-state index contributed by atoms with van der Waals surface area (Å²) in [6.45, 7) is 5.51. The Morgan fingerprint density at radius 3 is 2.64 bits per heavy atom. The normalized spacial score (nSPS) is 16.7. The first kappa shape index (κ1) is 17.3. The number of aryl methyl sites for hydroxylation is 2. The molecular weight excluding hydrogens is 314 g/mol. The minimum atomic E-state index is -0.0483. The van der Waals surface area contributed by atoms with E-state index < -0.39 is 0 Å². The first-order valence-corrected chi connectivity index (χ1v) is 8.94. The van der Waals surface area contributed by atoms with E-state index in [0.717, 1.165) is 30.7 Å². The molecule has 25 heavy (non-hydrogen) atoms. The summed E-state index contributed by atoms with van der Waals surface area (Å²) in [5.74, 6) is 0.749. The summed E-state index contributed by atoms with van der Waals surface area (Å²) in [7, 11) is 0. The first-order chi connectivity index (χ1) is 12.2. The molecule has 0 saturated carbocycles. The molecule has 1 aliphatic heterocycles. The number of anilines is 1. The number of nitrogens with one attached hydrogen (secondary N) is 1. The molecule has 5 heteroatoms. The molecule has 1 aromatic heterocycles. The van der Waals surface area contributed by atoms with Crippen molar-refractivity contribution >= 4 is 11.7 Å². The van der Waals surface area contributed by atoms with Crippen LogP contribution in [0.25, 0.3) is 0 Å². The van der Waals surface area contributed by atoms with Crippen LogP contribution in [0.4, 0.5) is 10.5 Å². The standard InChI is InChI=1S/C20H25N3O2/c1-3-15-7-5-8-16(4-2)19(15)22-20(24)23-12-10-18(14-23)25-17-9-6-11-21-13-17/h5-9,11,13,18H,3-4,10,12,14H2,1-2H3,(H,22,24). The molecule has 0 bridgehead atoms. The van der Waals surface area contributed by atoms with E-state index in [1.54, 1.807) is 12.4 Å². The smallest absolute Gasteiger partial charge is 0.321 e. The Balaban J connectivity index is 1.63. The summed E-state index contributed by atoms with van der Waals surface area (Å²) in [5, 5.41) is 3.13. The van der Waals surface area contributed by atoms with Crippen molar-refractivity contribution in [3.8, 4) is 5.75 Å². The van der Waals surface area contributed by atoms with Crippen LogP contribution in [0, 0.1) is 0 Å². The van der Waals surface area contributed by atoms with Gasteiger partial charge in [0.15, 0.2) is 0 Å². The molecule has 1 saturated heterocycles. The fraction of sp³-hybridized carbons (Fsp3) is 0.400. The second kappa shape index (κ2) is 8.01. The maximum Gasteiger partial charge on any atom is 0.321 e. The number of aromatic nitrogens is 1. The summed E-state index contributed by atoms with van der Waals surface area (Å²) in [6.07, 6.45) is 6.07. The van der Waals surface area contributed by atoms with Crippen LogP contribution in [-0.2, 0) is 12.8 Å². The molecular formula is C20H25N3O2. The highest BCUT2D eigenvalue weighted by Crippen LogP contribution is 2.24. The number of rotatable bonds is 5. The van der Waals surface area contributed by atoms with Gasteiger partial charge in [0.25, 0.3) is 0 Å². The molecule has 1 aromatic carbocycles. The van der Waals surface area contributed by atoms with Crippen molar-refractivity contribution < 1.29 is 9.53 Å². The third-order valence-electron chi connectivity index (χ3n) is 4.60. The van der Waals surface area contributed by atoms with E-state index in [-0.39, 0.29) is 12.1 Å². The third kappa shape index (κ3) is 4.10. The van der Waals surface area contributed by atoms with Crippen LogP contribution in [0.3, 0.4) is 0 Å². The maximum atomic E-state index is 12.7. The summed E-state index contributed by atoms with van der Waals surface area (Å²) in [6, 6.07) is 9.90. The van der Waals surface area contributed by atoms with Gasteiger partial charge in [0, 0.05) is 24.8 Å². The Bertz CT molecular complexity index is 696. The van der Waals surface area contributed by atoms with Crippen LogP contribution in [0.15, 0.2) is 42.7 Å². The van der Waals surface area contributed by atoms with E-state index in [1.807, 2.05) is 17.0 Å². The molecule has 0 aliphatic carbocycles. The second-order valence-corrected chi connectivity index (χ2v) is 6.25. The predicted molar refractivity (Wildman–Crippen MR) is 99.1 cm³/mol. The van der Waals surface area contributed by atoms with E-state index in [9.17, 15) is 4.79 Å². The van der Waals surface area contributed by atoms with Gasteiger partial charge < -0.3 is 15.0 Å². The molecule has 0 radical (unpaired) electrons. The maximum absolute atomic E-state index is 12.7. The lowest BCUT2D eigenvalue weighted by atomic mass is 10.0. The van der Waals surface area contributed by atoms with Gasteiger partial charge in [-0.25, -0.2) is 4.79 Å². The van der Waals surface area contributed by atoms with E-state index in [0.29, 0.717) is 13.1 Å². The predicted octanol–water partition coefficient (Wildman–Crippen LogP) is 3.89. The van der Waals surface area contributed by atoms with Crippen molar-refractivity contribution in [2.75, 3.05) is 18.4 Å². The van der Waals surface area contributed by atoms with Crippen molar-refractivity contribution in [3.05, 3.63) is 53.9 Å². The number of para-hydroxylation sites is 1. The molecule has 2 aromatic rings. The van der Waals surface area contributed by atoms with Gasteiger partial charge >= 0.3 is 6.03 Å². The number of benzene rings is 1. The van der Waals surface area contributed by atoms with Gasteiger partial charge in [0.1, 0.15) is 11.9 Å². The number of nitrogens with zero attached hydrogens (tertiary/aromatic N) is 2. The number of hydrogen-bond acceptors (Lipinski definition) is 3. The van der Waals surface area contributed by atoms with Crippen LogP contribution in [0.1, 0.15) is 31.4 Å². The highest BCUT2D eigenvalue weighted by atomic mass is 16.5. The fourth-order valence-electron chi connectivity index (χ4n) is 3.21. The average Bonchev–Trinajstić information content (AvgIpc) is 3.11. The van der Waals surface area contributed by atoms with E-state index in [1.165, 1.54) is 11.1 Å². The zero-order valence-electron chi connectivity index (χ0n) is 14.9. The number of amides is 2. The van der Waals surface area contributed by atoms with Crippen molar-refractivity contribution in [1.82, 2.24) is 9.88 Å². The molecule has 2 amide bonds. The first-order valence-electron chi connectivity index (χ1n) is 8.94. The van der Waals surface area contributed by atoms with Gasteiger partial charge in [-0.1, -0.05) is 32.0 Å². The minimum absolute atomic E-state index is 0.0158. The molecule has 0 spiro atoms. The number of carbonyl (C=O) groups is 1. The molecule has 1 N–H and O–H groups in total. The highest BCUT2D eigenvalue weighted by Gasteiger charge is 2.28. The fourth-order valence-corrected chi connectivity index (χ4v) is 3.21. The Morgan fingerprint density at radius 1 is 1.24 bits per heavy atom. The van der Waals surface area contributed by atoms with E-state index in [4.69, 9.17) is 4.74 Å². The van der Waals surface area contributed by atoms with Crippen LogP contribution in [0.5, 0.6) is 5.75 Å². The number of pyridine rings is 1. The lowest BCUT2D eigenvalue weighted by molar-refractivity contribution is 0.194. The zero-order valence-corrected chi connectivity index (χ0v) is 14.9. The van der Waals surface area contributed by atoms with Crippen molar-refractivity contribution in [2.24, 2.45) is 0 Å². The molecule has 5 nitrogen and oxygen atoms in total. The number of likely N-dealkylation sites (tertiary alicyclic amines) is 1. The molecule has 3 rings (SSSR count). The number of ether oxygens (including phenoxy) is 1. The number of hydrogen-bond donors (Lipinski definition) is 1. The molecule has 1 unspecified atom stereocenters. The van der Waals surface area contributed by atoms with Gasteiger partial charge in [-0.15, -0.1) is 0 Å². The van der Waals surface area contributed by atoms with E-state index >= 15 is 0 Å². The lowest BCUT2D eigenvalue weighted by Gasteiger charge is -2.20. The topological polar surface area (TPSA) is 54.5 Å². The van der Waals surface area contributed by atoms with Crippen molar-refractivity contribution in [2.45, 2.75) is 39.2 Å². The Kier molecular flexibility index (Phi) is 5.53. The molecule has 1 fully saturated rings. The van der Waals surface area contributed by atoms with Crippen LogP contribution in [-0.4, -0.2) is 35.1 Å². The molecule has 1 aliphatic rings. The van der Waals surface area contributed by atoms with Crippen LogP contribution in [0.2, 0.25) is 0 Å². The Labute approximate surface area is 149 Å². The highest BCUT2D eigenvalue weighted by molar-refractivity contribution is 5.91. The van der Waals surface area contributed by atoms with Crippen LogP contribution < -0.4 is 10.1 Å². The third-order valence-corrected chi connectivity index (χ3v) is 4.60. The van der Waals surface area contributed by atoms with Crippen molar-refractivity contribution in [1.29, 1.82) is 0 Å². The summed E-state index contributed by atoms with van der Waals surface area (Å²) in [5.41, 5.74) is 3.32. The van der Waals surface area contributed by atoms with E-state index in [2.05, 4.69) is 42.3 Å². The van der Waals surface area contributed by atoms with Crippen LogP contribution >= 0.6 is 0 Å². The van der Waals surface area contributed by atoms with Gasteiger partial charge in [0.05, 0.1) is 12.7 Å². The van der Waals surface area contributed by atoms with Gasteiger partial charge in [-0.2, -0.15) is 0 Å². The number of carbonyl (C=O) groups excluding carboxylic acids is 1. The Morgan fingerprint density at radius 2 is 2.00 bits per heavy atom.